The molecule has 94 valence electrons. The molecule has 3 heteroatoms. The molecule has 0 aliphatic heterocycles. The molecule has 3 nitrogen and oxygen atoms in total. The van der Waals surface area contributed by atoms with Gasteiger partial charge in [0.25, 0.3) is 0 Å². The zero-order valence-corrected chi connectivity index (χ0v) is 10.7. The molecule has 0 saturated heterocycles. The van der Waals surface area contributed by atoms with Crippen molar-refractivity contribution in [2.45, 2.75) is 46.0 Å². The molecule has 1 aliphatic carbocycles. The van der Waals surface area contributed by atoms with Gasteiger partial charge in [0.15, 0.2) is 0 Å². The van der Waals surface area contributed by atoms with Gasteiger partial charge in [-0.05, 0) is 38.1 Å². The minimum absolute atomic E-state index is 0.211. The van der Waals surface area contributed by atoms with Crippen LogP contribution >= 0.6 is 0 Å². The Hall–Kier alpha value is -0.570. The second-order valence-corrected chi connectivity index (χ2v) is 4.86. The minimum atomic E-state index is 0.211. The Bertz CT molecular complexity index is 212. The lowest BCUT2D eigenvalue weighted by Crippen LogP contribution is -2.39. The quantitative estimate of drug-likeness (QED) is 0.753. The Morgan fingerprint density at radius 2 is 1.88 bits per heavy atom. The van der Waals surface area contributed by atoms with E-state index < -0.39 is 0 Å². The van der Waals surface area contributed by atoms with E-state index in [1.54, 1.807) is 0 Å². The molecule has 2 atom stereocenters. The van der Waals surface area contributed by atoms with Crippen molar-refractivity contribution in [1.82, 2.24) is 4.90 Å². The lowest BCUT2D eigenvalue weighted by atomic mass is 9.94. The zero-order valence-electron chi connectivity index (χ0n) is 10.7. The molecule has 0 bridgehead atoms. The van der Waals surface area contributed by atoms with E-state index in [9.17, 15) is 4.79 Å². The summed E-state index contributed by atoms with van der Waals surface area (Å²) < 4.78 is 0. The first-order valence-electron chi connectivity index (χ1n) is 6.73. The maximum atomic E-state index is 12.4. The van der Waals surface area contributed by atoms with E-state index in [1.807, 2.05) is 4.90 Å². The van der Waals surface area contributed by atoms with E-state index in [-0.39, 0.29) is 5.92 Å². The van der Waals surface area contributed by atoms with Gasteiger partial charge in [0.1, 0.15) is 0 Å². The van der Waals surface area contributed by atoms with Crippen LogP contribution in [-0.2, 0) is 4.79 Å². The number of carbonyl (C=O) groups is 1. The van der Waals surface area contributed by atoms with Crippen molar-refractivity contribution in [3.05, 3.63) is 0 Å². The van der Waals surface area contributed by atoms with Crippen LogP contribution in [0.4, 0.5) is 0 Å². The molecular weight excluding hydrogens is 200 g/mol. The van der Waals surface area contributed by atoms with Gasteiger partial charge in [-0.1, -0.05) is 20.3 Å². The average Bonchev–Trinajstić information content (AvgIpc) is 2.75. The maximum Gasteiger partial charge on any atom is 0.226 e. The summed E-state index contributed by atoms with van der Waals surface area (Å²) in [5, 5.41) is 0. The van der Waals surface area contributed by atoms with Crippen molar-refractivity contribution in [2.75, 3.05) is 19.6 Å². The highest BCUT2D eigenvalue weighted by atomic mass is 16.2. The molecule has 2 N–H and O–H groups in total. The summed E-state index contributed by atoms with van der Waals surface area (Å²) in [6.45, 7) is 6.74. The Morgan fingerprint density at radius 1 is 1.25 bits per heavy atom. The van der Waals surface area contributed by atoms with Crippen LogP contribution < -0.4 is 5.73 Å². The van der Waals surface area contributed by atoms with E-state index >= 15 is 0 Å². The van der Waals surface area contributed by atoms with Crippen LogP contribution in [0.5, 0.6) is 0 Å². The Balaban J connectivity index is 2.58. The molecule has 1 fully saturated rings. The normalized spacial score (nSPS) is 24.7. The first kappa shape index (κ1) is 13.5. The Kier molecular flexibility index (Phi) is 5.81. The lowest BCUT2D eigenvalue weighted by molar-refractivity contribution is -0.136. The van der Waals surface area contributed by atoms with Crippen LogP contribution in [0, 0.1) is 11.8 Å². The number of rotatable bonds is 6. The van der Waals surface area contributed by atoms with E-state index in [1.165, 1.54) is 6.42 Å². The number of nitrogens with two attached hydrogens (primary N) is 1. The van der Waals surface area contributed by atoms with Gasteiger partial charge in [-0.2, -0.15) is 0 Å². The van der Waals surface area contributed by atoms with Crippen molar-refractivity contribution in [2.24, 2.45) is 17.6 Å². The zero-order chi connectivity index (χ0) is 12.0. The fourth-order valence-electron chi connectivity index (χ4n) is 2.75. The molecule has 1 aliphatic rings. The third-order valence-corrected chi connectivity index (χ3v) is 3.58. The summed E-state index contributed by atoms with van der Waals surface area (Å²) in [7, 11) is 0. The predicted molar refractivity (Wildman–Crippen MR) is 67.0 cm³/mol. The van der Waals surface area contributed by atoms with Crippen LogP contribution in [0.2, 0.25) is 0 Å². The van der Waals surface area contributed by atoms with Crippen LogP contribution in [0.1, 0.15) is 46.0 Å². The van der Waals surface area contributed by atoms with Crippen molar-refractivity contribution < 1.29 is 4.79 Å². The van der Waals surface area contributed by atoms with Gasteiger partial charge in [-0.15, -0.1) is 0 Å². The standard InChI is InChI=1S/C13H26N2O/c1-3-8-15(9-4-2)13(16)12-7-5-6-11(12)10-14/h11-12H,3-10,14H2,1-2H3. The molecule has 0 aromatic heterocycles. The van der Waals surface area contributed by atoms with E-state index in [2.05, 4.69) is 13.8 Å². The second-order valence-electron chi connectivity index (χ2n) is 4.86. The van der Waals surface area contributed by atoms with Gasteiger partial charge < -0.3 is 10.6 Å². The minimum Gasteiger partial charge on any atom is -0.342 e. The van der Waals surface area contributed by atoms with Gasteiger partial charge in [0, 0.05) is 19.0 Å². The maximum absolute atomic E-state index is 12.4. The number of amides is 1. The fraction of sp³-hybridized carbons (Fsp3) is 0.923. The molecule has 0 spiro atoms. The van der Waals surface area contributed by atoms with Crippen LogP contribution in [0.25, 0.3) is 0 Å². The first-order valence-corrected chi connectivity index (χ1v) is 6.73. The summed E-state index contributed by atoms with van der Waals surface area (Å²) >= 11 is 0. The van der Waals surface area contributed by atoms with Crippen molar-refractivity contribution in [3.8, 4) is 0 Å². The highest BCUT2D eigenvalue weighted by Gasteiger charge is 2.34. The van der Waals surface area contributed by atoms with Crippen molar-refractivity contribution in [3.63, 3.8) is 0 Å². The van der Waals surface area contributed by atoms with Crippen LogP contribution in [-0.4, -0.2) is 30.4 Å². The topological polar surface area (TPSA) is 46.3 Å². The van der Waals surface area contributed by atoms with E-state index in [0.29, 0.717) is 18.4 Å². The highest BCUT2D eigenvalue weighted by molar-refractivity contribution is 5.79. The SMILES string of the molecule is CCCN(CCC)C(=O)C1CCCC1CN. The fourth-order valence-corrected chi connectivity index (χ4v) is 2.75. The smallest absolute Gasteiger partial charge is 0.226 e. The molecule has 1 rings (SSSR count). The lowest BCUT2D eigenvalue weighted by Gasteiger charge is -2.27. The van der Waals surface area contributed by atoms with Gasteiger partial charge in [0.2, 0.25) is 5.91 Å². The predicted octanol–water partition coefficient (Wildman–Crippen LogP) is 2.01. The molecule has 0 aromatic rings. The number of hydrogen-bond acceptors (Lipinski definition) is 2. The largest absolute Gasteiger partial charge is 0.342 e. The molecule has 1 saturated carbocycles. The first-order chi connectivity index (χ1) is 7.74. The molecule has 0 radical (unpaired) electrons. The van der Waals surface area contributed by atoms with Crippen molar-refractivity contribution >= 4 is 5.91 Å². The van der Waals surface area contributed by atoms with Crippen LogP contribution in [0.15, 0.2) is 0 Å². The summed E-state index contributed by atoms with van der Waals surface area (Å²) in [6.07, 6.45) is 5.45. The summed E-state index contributed by atoms with van der Waals surface area (Å²) in [5.74, 6) is 1.00. The molecule has 2 unspecified atom stereocenters. The second kappa shape index (κ2) is 6.89. The molecule has 0 heterocycles. The third kappa shape index (κ3) is 3.21. The third-order valence-electron chi connectivity index (χ3n) is 3.58. The van der Waals surface area contributed by atoms with Gasteiger partial charge in [-0.3, -0.25) is 4.79 Å². The number of hydrogen-bond donors (Lipinski definition) is 1. The Labute approximate surface area is 99.4 Å². The monoisotopic (exact) mass is 226 g/mol. The number of carbonyl (C=O) groups excluding carboxylic acids is 1. The summed E-state index contributed by atoms with van der Waals surface area (Å²) in [6, 6.07) is 0. The Morgan fingerprint density at radius 3 is 2.38 bits per heavy atom. The van der Waals surface area contributed by atoms with Gasteiger partial charge in [-0.25, -0.2) is 0 Å². The highest BCUT2D eigenvalue weighted by Crippen LogP contribution is 2.32. The van der Waals surface area contributed by atoms with E-state index in [4.69, 9.17) is 5.73 Å². The molecule has 0 aromatic carbocycles. The van der Waals surface area contributed by atoms with Gasteiger partial charge >= 0.3 is 0 Å². The average molecular weight is 226 g/mol. The molecule has 1 amide bonds. The summed E-state index contributed by atoms with van der Waals surface area (Å²) in [4.78, 5) is 14.4. The summed E-state index contributed by atoms with van der Waals surface area (Å²) in [5.41, 5.74) is 5.74. The van der Waals surface area contributed by atoms with Crippen LogP contribution in [0.3, 0.4) is 0 Å². The van der Waals surface area contributed by atoms with Gasteiger partial charge in [0.05, 0.1) is 0 Å². The number of nitrogens with zero attached hydrogens (tertiary/aromatic N) is 1. The molecule has 16 heavy (non-hydrogen) atoms. The van der Waals surface area contributed by atoms with E-state index in [0.717, 1.165) is 38.8 Å². The van der Waals surface area contributed by atoms with Crippen molar-refractivity contribution in [1.29, 1.82) is 0 Å². The molecular formula is C13H26N2O.